The number of benzene rings is 2. The Labute approximate surface area is 176 Å². The molecule has 2 aromatic rings. The Kier molecular flexibility index (Phi) is 6.14. The van der Waals surface area contributed by atoms with Crippen LogP contribution in [0.15, 0.2) is 53.7 Å². The summed E-state index contributed by atoms with van der Waals surface area (Å²) in [5, 5.41) is 14.4. The Balaban J connectivity index is 2.20. The highest BCUT2D eigenvalue weighted by Crippen LogP contribution is 2.45. The largest absolute Gasteiger partial charge is 0.416 e. The lowest BCUT2D eigenvalue weighted by atomic mass is 9.76. The third kappa shape index (κ3) is 4.17. The number of nitrogens with zero attached hydrogens (tertiary/aromatic N) is 1. The minimum atomic E-state index is -4.52. The minimum Gasteiger partial charge on any atom is -0.399 e. The van der Waals surface area contributed by atoms with Crippen molar-refractivity contribution in [3.8, 4) is 0 Å². The summed E-state index contributed by atoms with van der Waals surface area (Å²) in [5.74, 6) is -0.797. The third-order valence-electron chi connectivity index (χ3n) is 4.93. The van der Waals surface area contributed by atoms with Crippen molar-refractivity contribution in [3.63, 3.8) is 0 Å². The van der Waals surface area contributed by atoms with Crippen LogP contribution < -0.4 is 10.8 Å². The molecule has 10 heteroatoms. The molecule has 164 valence electrons. The lowest BCUT2D eigenvalue weighted by Gasteiger charge is -2.49. The molecule has 0 saturated carbocycles. The van der Waals surface area contributed by atoms with Crippen LogP contribution in [0.1, 0.15) is 36.1 Å². The van der Waals surface area contributed by atoms with Crippen molar-refractivity contribution in [2.45, 2.75) is 31.7 Å². The van der Waals surface area contributed by atoms with E-state index in [0.29, 0.717) is 11.1 Å². The number of hydrogen-bond acceptors (Lipinski definition) is 6. The number of carbonyl (C=O) groups is 1. The summed E-state index contributed by atoms with van der Waals surface area (Å²) in [4.78, 5) is 22.1. The summed E-state index contributed by atoms with van der Waals surface area (Å²) in [5.41, 5.74) is 1.76. The van der Waals surface area contributed by atoms with Gasteiger partial charge in [0.15, 0.2) is 17.1 Å². The van der Waals surface area contributed by atoms with Gasteiger partial charge in [-0.05, 0) is 24.6 Å². The highest BCUT2D eigenvalue weighted by Gasteiger charge is 2.51. The maximum absolute atomic E-state index is 13.4. The van der Waals surface area contributed by atoms with Crippen molar-refractivity contribution < 1.29 is 27.6 Å². The van der Waals surface area contributed by atoms with Crippen molar-refractivity contribution in [2.75, 3.05) is 7.11 Å². The fourth-order valence-electron chi connectivity index (χ4n) is 3.54. The van der Waals surface area contributed by atoms with Gasteiger partial charge in [0, 0.05) is 18.1 Å². The van der Waals surface area contributed by atoms with Gasteiger partial charge in [0.25, 0.3) is 0 Å². The van der Waals surface area contributed by atoms with E-state index >= 15 is 0 Å². The number of amides is 1. The number of halogens is 3. The maximum Gasteiger partial charge on any atom is 0.416 e. The van der Waals surface area contributed by atoms with Gasteiger partial charge in [-0.3, -0.25) is 15.0 Å². The normalized spacial score (nSPS) is 21.2. The van der Waals surface area contributed by atoms with Gasteiger partial charge in [0.05, 0.1) is 11.6 Å². The first kappa shape index (κ1) is 22.4. The molecule has 0 bridgehead atoms. The zero-order valence-corrected chi connectivity index (χ0v) is 17.0. The average molecular weight is 434 g/mol. The predicted octanol–water partition coefficient (Wildman–Crippen LogP) is 3.34. The molecule has 0 aromatic heterocycles. The molecule has 3 N–H and O–H groups in total. The van der Waals surface area contributed by atoms with Gasteiger partial charge in [-0.1, -0.05) is 41.6 Å². The minimum absolute atomic E-state index is 0.00218. The summed E-state index contributed by atoms with van der Waals surface area (Å²) < 4.78 is 40.1. The Hall–Kier alpha value is -3.24. The second-order valence-electron chi connectivity index (χ2n) is 6.98. The zero-order chi connectivity index (χ0) is 22.8. The molecular weight excluding hydrogens is 413 g/mol. The summed E-state index contributed by atoms with van der Waals surface area (Å²) >= 11 is 0. The van der Waals surface area contributed by atoms with Gasteiger partial charge >= 0.3 is 6.18 Å². The first-order chi connectivity index (χ1) is 14.6. The molecule has 1 heterocycles. The van der Waals surface area contributed by atoms with E-state index in [1.807, 2.05) is 0 Å². The number of hydrogen-bond donors (Lipinski definition) is 3. The summed E-state index contributed by atoms with van der Waals surface area (Å²) in [7, 11) is 1.29. The molecule has 1 saturated heterocycles. The van der Waals surface area contributed by atoms with Gasteiger partial charge in [-0.2, -0.15) is 18.7 Å². The number of oxime groups is 1. The molecule has 2 unspecified atom stereocenters. The molecule has 3 rings (SSSR count). The van der Waals surface area contributed by atoms with Crippen LogP contribution in [-0.2, 0) is 26.2 Å². The fourth-order valence-corrected chi connectivity index (χ4v) is 3.54. The van der Waals surface area contributed by atoms with Crippen molar-refractivity contribution in [3.05, 3.63) is 70.8 Å². The molecule has 1 amide bonds. The standard InChI is InChI=1S/C21H21F3N4O3/c1-12-20(31-27-12,14-7-6-8-15(11-14)21(22,23)24)17-10-5-4-9-16(17)18(28-30-3)19(25)26-13(2)29/h4-12,27H,1-3H3,(H2,25,26,29)/b28-18+. The summed E-state index contributed by atoms with van der Waals surface area (Å²) in [6.07, 6.45) is -4.52. The topological polar surface area (TPSA) is 95.8 Å². The molecule has 2 atom stereocenters. The second kappa shape index (κ2) is 8.48. The maximum atomic E-state index is 13.4. The van der Waals surface area contributed by atoms with E-state index in [0.717, 1.165) is 12.1 Å². The zero-order valence-electron chi connectivity index (χ0n) is 17.0. The fraction of sp³-hybridized carbons (Fsp3) is 0.286. The Morgan fingerprint density at radius 1 is 1.26 bits per heavy atom. The van der Waals surface area contributed by atoms with Crippen LogP contribution in [0.25, 0.3) is 0 Å². The van der Waals surface area contributed by atoms with E-state index in [1.54, 1.807) is 37.3 Å². The third-order valence-corrected chi connectivity index (χ3v) is 4.93. The summed E-state index contributed by atoms with van der Waals surface area (Å²) in [6, 6.07) is 11.2. The molecule has 0 spiro atoms. The lowest BCUT2D eigenvalue weighted by molar-refractivity contribution is -0.225. The van der Waals surface area contributed by atoms with Crippen LogP contribution in [0.5, 0.6) is 0 Å². The molecule has 0 aliphatic carbocycles. The Morgan fingerprint density at radius 2 is 1.97 bits per heavy atom. The molecular formula is C21H21F3N4O3. The number of amidine groups is 1. The van der Waals surface area contributed by atoms with E-state index < -0.39 is 29.3 Å². The molecule has 31 heavy (non-hydrogen) atoms. The quantitative estimate of drug-likeness (QED) is 0.382. The summed E-state index contributed by atoms with van der Waals surface area (Å²) in [6.45, 7) is 3.02. The van der Waals surface area contributed by atoms with Crippen LogP contribution in [0, 0.1) is 5.41 Å². The number of hydroxylamine groups is 1. The lowest BCUT2D eigenvalue weighted by Crippen LogP contribution is -2.63. The van der Waals surface area contributed by atoms with Gasteiger partial charge in [-0.15, -0.1) is 0 Å². The molecule has 7 nitrogen and oxygen atoms in total. The number of rotatable bonds is 5. The van der Waals surface area contributed by atoms with Crippen LogP contribution in [0.2, 0.25) is 0 Å². The van der Waals surface area contributed by atoms with Crippen LogP contribution >= 0.6 is 0 Å². The van der Waals surface area contributed by atoms with E-state index in [1.165, 1.54) is 20.1 Å². The van der Waals surface area contributed by atoms with E-state index in [9.17, 15) is 18.0 Å². The van der Waals surface area contributed by atoms with E-state index in [2.05, 4.69) is 16.0 Å². The Bertz CT molecular complexity index is 1040. The van der Waals surface area contributed by atoms with Crippen molar-refractivity contribution in [1.29, 1.82) is 5.41 Å². The van der Waals surface area contributed by atoms with Crippen LogP contribution in [0.3, 0.4) is 0 Å². The highest BCUT2D eigenvalue weighted by atomic mass is 19.4. The van der Waals surface area contributed by atoms with Gasteiger partial charge < -0.3 is 10.2 Å². The SMILES string of the molecule is CO/N=C(/C(=N)NC(C)=O)c1ccccc1C1(c2cccc(C(F)(F)F)c2)ONC1C. The molecule has 1 aliphatic rings. The monoisotopic (exact) mass is 434 g/mol. The number of carbonyl (C=O) groups excluding carboxylic acids is 1. The molecule has 2 aromatic carbocycles. The average Bonchev–Trinajstić information content (AvgIpc) is 2.71. The second-order valence-corrected chi connectivity index (χ2v) is 6.98. The van der Waals surface area contributed by atoms with Crippen LogP contribution in [-0.4, -0.2) is 30.6 Å². The molecule has 1 aliphatic heterocycles. The first-order valence-corrected chi connectivity index (χ1v) is 9.30. The van der Waals surface area contributed by atoms with Gasteiger partial charge in [-0.25, -0.2) is 0 Å². The van der Waals surface area contributed by atoms with Crippen molar-refractivity contribution in [1.82, 2.24) is 10.8 Å². The molecule has 1 fully saturated rings. The Morgan fingerprint density at radius 3 is 2.52 bits per heavy atom. The molecule has 0 radical (unpaired) electrons. The van der Waals surface area contributed by atoms with Gasteiger partial charge in [0.2, 0.25) is 5.91 Å². The predicted molar refractivity (Wildman–Crippen MR) is 107 cm³/mol. The van der Waals surface area contributed by atoms with Crippen molar-refractivity contribution >= 4 is 17.5 Å². The first-order valence-electron chi connectivity index (χ1n) is 9.30. The number of nitrogens with one attached hydrogen (secondary N) is 3. The van der Waals surface area contributed by atoms with Crippen molar-refractivity contribution in [2.24, 2.45) is 5.16 Å². The smallest absolute Gasteiger partial charge is 0.399 e. The highest BCUT2D eigenvalue weighted by molar-refractivity contribution is 6.48. The van der Waals surface area contributed by atoms with E-state index in [-0.39, 0.29) is 17.1 Å². The number of alkyl halides is 3. The van der Waals surface area contributed by atoms with Gasteiger partial charge in [0.1, 0.15) is 7.11 Å². The van der Waals surface area contributed by atoms with Crippen LogP contribution in [0.4, 0.5) is 13.2 Å². The van der Waals surface area contributed by atoms with E-state index in [4.69, 9.17) is 15.1 Å².